The summed E-state index contributed by atoms with van der Waals surface area (Å²) >= 11 is 3.52. The number of anilines is 1. The van der Waals surface area contributed by atoms with Gasteiger partial charge in [-0.3, -0.25) is 9.59 Å². The van der Waals surface area contributed by atoms with Crippen LogP contribution in [0.1, 0.15) is 23.2 Å². The third-order valence-corrected chi connectivity index (χ3v) is 5.94. The van der Waals surface area contributed by atoms with E-state index in [2.05, 4.69) is 26.6 Å². The molecule has 2 amide bonds. The molecule has 1 fully saturated rings. The van der Waals surface area contributed by atoms with Gasteiger partial charge in [0, 0.05) is 24.4 Å². The summed E-state index contributed by atoms with van der Waals surface area (Å²) < 4.78 is 12.0. The zero-order valence-corrected chi connectivity index (χ0v) is 19.6. The van der Waals surface area contributed by atoms with E-state index in [0.717, 1.165) is 35.0 Å². The van der Waals surface area contributed by atoms with E-state index < -0.39 is 0 Å². The molecule has 0 spiro atoms. The second kappa shape index (κ2) is 11.1. The second-order valence-electron chi connectivity index (χ2n) is 7.77. The van der Waals surface area contributed by atoms with Crippen molar-refractivity contribution >= 4 is 33.4 Å². The van der Waals surface area contributed by atoms with Gasteiger partial charge < -0.3 is 20.1 Å². The number of carbonyl (C=O) groups is 2. The average molecular weight is 509 g/mol. The summed E-state index contributed by atoms with van der Waals surface area (Å²) in [5.74, 6) is 0.0679. The van der Waals surface area contributed by atoms with Gasteiger partial charge in [-0.1, -0.05) is 42.5 Å². The number of rotatable bonds is 8. The lowest BCUT2D eigenvalue weighted by molar-refractivity contribution is -0.118. The highest BCUT2D eigenvalue weighted by atomic mass is 79.9. The maximum absolute atomic E-state index is 12.4. The number of carbonyl (C=O) groups excluding carboxylic acids is 2. The van der Waals surface area contributed by atoms with Crippen LogP contribution in [0.3, 0.4) is 0 Å². The minimum absolute atomic E-state index is 0.0788. The fraction of sp³-hybridized carbons (Fsp3) is 0.231. The molecular formula is C26H25BrN2O4. The fourth-order valence-corrected chi connectivity index (χ4v) is 4.11. The van der Waals surface area contributed by atoms with Gasteiger partial charge in [-0.2, -0.15) is 0 Å². The normalized spacial score (nSPS) is 15.1. The first-order valence-corrected chi connectivity index (χ1v) is 11.7. The van der Waals surface area contributed by atoms with E-state index in [4.69, 9.17) is 9.47 Å². The molecule has 1 aliphatic rings. The predicted octanol–water partition coefficient (Wildman–Crippen LogP) is 5.04. The van der Waals surface area contributed by atoms with Crippen molar-refractivity contribution in [3.8, 4) is 16.9 Å². The predicted molar refractivity (Wildman–Crippen MR) is 131 cm³/mol. The molecule has 1 saturated heterocycles. The Bertz CT molecular complexity index is 1110. The average Bonchev–Trinajstić information content (AvgIpc) is 3.36. The highest BCUT2D eigenvalue weighted by molar-refractivity contribution is 9.10. The van der Waals surface area contributed by atoms with Gasteiger partial charge in [-0.05, 0) is 70.2 Å². The van der Waals surface area contributed by atoms with Crippen LogP contribution in [0.5, 0.6) is 5.75 Å². The molecule has 170 valence electrons. The van der Waals surface area contributed by atoms with E-state index in [-0.39, 0.29) is 24.5 Å². The molecule has 0 radical (unpaired) electrons. The van der Waals surface area contributed by atoms with Crippen molar-refractivity contribution in [2.45, 2.75) is 18.9 Å². The van der Waals surface area contributed by atoms with Gasteiger partial charge in [-0.25, -0.2) is 0 Å². The van der Waals surface area contributed by atoms with Crippen molar-refractivity contribution in [3.05, 3.63) is 82.8 Å². The third-order valence-electron chi connectivity index (χ3n) is 5.32. The Balaban J connectivity index is 1.30. The first-order chi connectivity index (χ1) is 16.1. The van der Waals surface area contributed by atoms with Crippen molar-refractivity contribution in [3.63, 3.8) is 0 Å². The second-order valence-corrected chi connectivity index (χ2v) is 8.63. The van der Waals surface area contributed by atoms with Crippen LogP contribution in [0.2, 0.25) is 0 Å². The lowest BCUT2D eigenvalue weighted by Gasteiger charge is -2.12. The van der Waals surface area contributed by atoms with Crippen LogP contribution in [0.25, 0.3) is 11.1 Å². The molecule has 1 unspecified atom stereocenters. The Morgan fingerprint density at radius 1 is 1.00 bits per heavy atom. The standard InChI is InChI=1S/C26H25BrN2O4/c27-23-15-19(18-6-2-1-3-7-18)11-12-24(23)33-17-25(30)29-21-9-4-8-20(14-21)26(31)28-16-22-10-5-13-32-22/h1-4,6-9,11-12,14-15,22H,5,10,13,16-17H2,(H,28,31)(H,29,30). The lowest BCUT2D eigenvalue weighted by Crippen LogP contribution is -2.31. The maximum atomic E-state index is 12.4. The molecule has 0 aromatic heterocycles. The summed E-state index contributed by atoms with van der Waals surface area (Å²) in [7, 11) is 0. The SMILES string of the molecule is O=C(COc1ccc(-c2ccccc2)cc1Br)Nc1cccc(C(=O)NCC2CCCO2)c1. The van der Waals surface area contributed by atoms with Crippen LogP contribution in [-0.4, -0.2) is 37.7 Å². The van der Waals surface area contributed by atoms with Crippen molar-refractivity contribution in [2.75, 3.05) is 25.1 Å². The Kier molecular flexibility index (Phi) is 7.75. The van der Waals surface area contributed by atoms with Crippen LogP contribution >= 0.6 is 15.9 Å². The van der Waals surface area contributed by atoms with Crippen LogP contribution < -0.4 is 15.4 Å². The topological polar surface area (TPSA) is 76.7 Å². The molecule has 3 aromatic rings. The number of ether oxygens (including phenoxy) is 2. The first-order valence-electron chi connectivity index (χ1n) is 10.9. The molecule has 4 rings (SSSR count). The summed E-state index contributed by atoms with van der Waals surface area (Å²) in [6, 6.07) is 22.6. The Hall–Kier alpha value is -3.16. The monoisotopic (exact) mass is 508 g/mol. The van der Waals surface area contributed by atoms with E-state index in [1.54, 1.807) is 24.3 Å². The van der Waals surface area contributed by atoms with Crippen LogP contribution in [0.4, 0.5) is 5.69 Å². The minimum Gasteiger partial charge on any atom is -0.483 e. The van der Waals surface area contributed by atoms with Gasteiger partial charge in [-0.15, -0.1) is 0 Å². The zero-order valence-electron chi connectivity index (χ0n) is 18.1. The van der Waals surface area contributed by atoms with Gasteiger partial charge in [0.1, 0.15) is 5.75 Å². The smallest absolute Gasteiger partial charge is 0.262 e. The van der Waals surface area contributed by atoms with Crippen molar-refractivity contribution in [2.24, 2.45) is 0 Å². The number of nitrogens with one attached hydrogen (secondary N) is 2. The molecule has 0 aliphatic carbocycles. The number of hydrogen-bond donors (Lipinski definition) is 2. The van der Waals surface area contributed by atoms with E-state index in [1.807, 2.05) is 48.5 Å². The van der Waals surface area contributed by atoms with Crippen molar-refractivity contribution < 1.29 is 19.1 Å². The molecule has 3 aromatic carbocycles. The van der Waals surface area contributed by atoms with E-state index in [9.17, 15) is 9.59 Å². The number of amides is 2. The van der Waals surface area contributed by atoms with E-state index >= 15 is 0 Å². The van der Waals surface area contributed by atoms with Gasteiger partial charge in [0.15, 0.2) is 6.61 Å². The molecule has 1 atom stereocenters. The van der Waals surface area contributed by atoms with Crippen molar-refractivity contribution in [1.29, 1.82) is 0 Å². The van der Waals surface area contributed by atoms with E-state index in [1.165, 1.54) is 0 Å². The quantitative estimate of drug-likeness (QED) is 0.446. The summed E-state index contributed by atoms with van der Waals surface area (Å²) in [5, 5.41) is 5.66. The summed E-state index contributed by atoms with van der Waals surface area (Å²) in [6.07, 6.45) is 2.06. The molecule has 33 heavy (non-hydrogen) atoms. The van der Waals surface area contributed by atoms with Crippen molar-refractivity contribution in [1.82, 2.24) is 5.32 Å². The Labute approximate surface area is 201 Å². The molecule has 0 saturated carbocycles. The first kappa shape index (κ1) is 23.0. The molecule has 1 aliphatic heterocycles. The van der Waals surface area contributed by atoms with Gasteiger partial charge in [0.2, 0.25) is 0 Å². The van der Waals surface area contributed by atoms with Gasteiger partial charge >= 0.3 is 0 Å². The van der Waals surface area contributed by atoms with Crippen LogP contribution in [-0.2, 0) is 9.53 Å². The zero-order chi connectivity index (χ0) is 23.0. The molecule has 7 heteroatoms. The van der Waals surface area contributed by atoms with Gasteiger partial charge in [0.25, 0.3) is 11.8 Å². The lowest BCUT2D eigenvalue weighted by atomic mass is 10.1. The highest BCUT2D eigenvalue weighted by Gasteiger charge is 2.17. The molecule has 2 N–H and O–H groups in total. The van der Waals surface area contributed by atoms with Gasteiger partial charge in [0.05, 0.1) is 10.6 Å². The number of halogens is 1. The van der Waals surface area contributed by atoms with Crippen LogP contribution in [0.15, 0.2) is 77.3 Å². The molecular weight excluding hydrogens is 484 g/mol. The molecule has 1 heterocycles. The summed E-state index contributed by atoms with van der Waals surface area (Å²) in [6.45, 7) is 1.08. The highest BCUT2D eigenvalue weighted by Crippen LogP contribution is 2.30. The van der Waals surface area contributed by atoms with Crippen LogP contribution in [0, 0.1) is 0 Å². The summed E-state index contributed by atoms with van der Waals surface area (Å²) in [5.41, 5.74) is 3.16. The molecule has 0 bridgehead atoms. The fourth-order valence-electron chi connectivity index (χ4n) is 3.62. The Morgan fingerprint density at radius 2 is 1.85 bits per heavy atom. The molecule has 6 nitrogen and oxygen atoms in total. The Morgan fingerprint density at radius 3 is 2.61 bits per heavy atom. The maximum Gasteiger partial charge on any atom is 0.262 e. The largest absolute Gasteiger partial charge is 0.483 e. The minimum atomic E-state index is -0.314. The number of hydrogen-bond acceptors (Lipinski definition) is 4. The number of benzene rings is 3. The summed E-state index contributed by atoms with van der Waals surface area (Å²) in [4.78, 5) is 24.8. The van der Waals surface area contributed by atoms with E-state index in [0.29, 0.717) is 23.5 Å². The third kappa shape index (κ3) is 6.43.